The minimum Gasteiger partial charge on any atom is -0.375 e. The third-order valence-electron chi connectivity index (χ3n) is 2.64. The number of nitrogens with one attached hydrogen (secondary N) is 1. The van der Waals surface area contributed by atoms with Crippen molar-refractivity contribution in [3.05, 3.63) is 76.8 Å². The SMILES string of the molecule is C=CC(Nc1ccc(Cl)c(Cl)c1)c1ccccc1. The Balaban J connectivity index is 2.21. The smallest absolute Gasteiger partial charge is 0.0695 e. The van der Waals surface area contributed by atoms with E-state index >= 15 is 0 Å². The molecule has 0 amide bonds. The minimum absolute atomic E-state index is 0.0449. The second kappa shape index (κ2) is 5.94. The average molecular weight is 278 g/mol. The van der Waals surface area contributed by atoms with Gasteiger partial charge in [0.1, 0.15) is 0 Å². The van der Waals surface area contributed by atoms with Gasteiger partial charge in [-0.15, -0.1) is 6.58 Å². The molecule has 0 aliphatic heterocycles. The van der Waals surface area contributed by atoms with Crippen LogP contribution in [0.4, 0.5) is 5.69 Å². The Morgan fingerprint density at radius 3 is 2.33 bits per heavy atom. The molecule has 1 unspecified atom stereocenters. The van der Waals surface area contributed by atoms with Gasteiger partial charge in [0.15, 0.2) is 0 Å². The summed E-state index contributed by atoms with van der Waals surface area (Å²) in [6.07, 6.45) is 1.86. The highest BCUT2D eigenvalue weighted by Crippen LogP contribution is 2.27. The Morgan fingerprint density at radius 2 is 1.72 bits per heavy atom. The maximum Gasteiger partial charge on any atom is 0.0695 e. The van der Waals surface area contributed by atoms with Crippen molar-refractivity contribution in [2.75, 3.05) is 5.32 Å². The van der Waals surface area contributed by atoms with Crippen molar-refractivity contribution in [3.63, 3.8) is 0 Å². The molecule has 0 aromatic heterocycles. The molecule has 3 heteroatoms. The van der Waals surface area contributed by atoms with Gasteiger partial charge >= 0.3 is 0 Å². The van der Waals surface area contributed by atoms with Crippen molar-refractivity contribution in [2.45, 2.75) is 6.04 Å². The molecule has 18 heavy (non-hydrogen) atoms. The van der Waals surface area contributed by atoms with Crippen LogP contribution in [0, 0.1) is 0 Å². The number of anilines is 1. The van der Waals surface area contributed by atoms with E-state index in [1.54, 1.807) is 6.07 Å². The predicted molar refractivity (Wildman–Crippen MR) is 79.5 cm³/mol. The standard InChI is InChI=1S/C15H13Cl2N/c1-2-15(11-6-4-3-5-7-11)18-12-8-9-13(16)14(17)10-12/h2-10,15,18H,1H2. The summed E-state index contributed by atoms with van der Waals surface area (Å²) in [7, 11) is 0. The summed E-state index contributed by atoms with van der Waals surface area (Å²) in [5, 5.41) is 4.44. The number of rotatable bonds is 4. The van der Waals surface area contributed by atoms with Crippen LogP contribution in [0.5, 0.6) is 0 Å². The quantitative estimate of drug-likeness (QED) is 0.745. The van der Waals surface area contributed by atoms with Crippen molar-refractivity contribution in [3.8, 4) is 0 Å². The van der Waals surface area contributed by atoms with Crippen molar-refractivity contribution in [1.82, 2.24) is 0 Å². The molecule has 1 atom stereocenters. The molecule has 0 saturated carbocycles. The molecule has 0 fully saturated rings. The zero-order chi connectivity index (χ0) is 13.0. The van der Waals surface area contributed by atoms with Gasteiger partial charge in [-0.1, -0.05) is 59.6 Å². The Labute approximate surface area is 117 Å². The van der Waals surface area contributed by atoms with Gasteiger partial charge in [-0.25, -0.2) is 0 Å². The molecule has 0 spiro atoms. The summed E-state index contributed by atoms with van der Waals surface area (Å²) >= 11 is 11.9. The van der Waals surface area contributed by atoms with Crippen molar-refractivity contribution < 1.29 is 0 Å². The minimum atomic E-state index is 0.0449. The van der Waals surface area contributed by atoms with Gasteiger partial charge in [-0.2, -0.15) is 0 Å². The number of halogens is 2. The molecular formula is C15H13Cl2N. The third-order valence-corrected chi connectivity index (χ3v) is 3.38. The molecule has 92 valence electrons. The topological polar surface area (TPSA) is 12.0 Å². The van der Waals surface area contributed by atoms with Gasteiger partial charge in [0, 0.05) is 5.69 Å². The van der Waals surface area contributed by atoms with Gasteiger partial charge < -0.3 is 5.32 Å². The summed E-state index contributed by atoms with van der Waals surface area (Å²) in [6, 6.07) is 15.6. The first kappa shape index (κ1) is 13.0. The third kappa shape index (κ3) is 3.06. The van der Waals surface area contributed by atoms with Gasteiger partial charge in [0.05, 0.1) is 16.1 Å². The Kier molecular flexibility index (Phi) is 4.29. The molecule has 0 bridgehead atoms. The van der Waals surface area contributed by atoms with Crippen LogP contribution in [0.15, 0.2) is 61.2 Å². The first-order valence-corrected chi connectivity index (χ1v) is 6.35. The molecule has 0 radical (unpaired) electrons. The van der Waals surface area contributed by atoms with Gasteiger partial charge in [0.25, 0.3) is 0 Å². The first-order chi connectivity index (χ1) is 8.70. The van der Waals surface area contributed by atoms with E-state index in [0.717, 1.165) is 11.3 Å². The molecular weight excluding hydrogens is 265 g/mol. The maximum absolute atomic E-state index is 5.99. The van der Waals surface area contributed by atoms with Gasteiger partial charge in [0.2, 0.25) is 0 Å². The highest BCUT2D eigenvalue weighted by molar-refractivity contribution is 6.42. The first-order valence-electron chi connectivity index (χ1n) is 5.60. The molecule has 2 rings (SSSR count). The van der Waals surface area contributed by atoms with Crippen LogP contribution in [0.3, 0.4) is 0 Å². The normalized spacial score (nSPS) is 11.9. The van der Waals surface area contributed by atoms with E-state index in [4.69, 9.17) is 23.2 Å². The molecule has 2 aromatic carbocycles. The van der Waals surface area contributed by atoms with Crippen molar-refractivity contribution in [1.29, 1.82) is 0 Å². The van der Waals surface area contributed by atoms with Crippen LogP contribution in [-0.2, 0) is 0 Å². The molecule has 2 aromatic rings. The fraction of sp³-hybridized carbons (Fsp3) is 0.0667. The van der Waals surface area contributed by atoms with Crippen LogP contribution in [0.1, 0.15) is 11.6 Å². The second-order valence-corrected chi connectivity index (χ2v) is 4.71. The fourth-order valence-electron chi connectivity index (χ4n) is 1.70. The van der Waals surface area contributed by atoms with Crippen LogP contribution in [0.25, 0.3) is 0 Å². The summed E-state index contributed by atoms with van der Waals surface area (Å²) < 4.78 is 0. The number of benzene rings is 2. The highest BCUT2D eigenvalue weighted by Gasteiger charge is 2.07. The monoisotopic (exact) mass is 277 g/mol. The lowest BCUT2D eigenvalue weighted by Crippen LogP contribution is -2.07. The molecule has 0 saturated heterocycles. The summed E-state index contributed by atoms with van der Waals surface area (Å²) in [5.74, 6) is 0. The van der Waals surface area contributed by atoms with Crippen LogP contribution < -0.4 is 5.32 Å². The van der Waals surface area contributed by atoms with Crippen LogP contribution >= 0.6 is 23.2 Å². The predicted octanol–water partition coefficient (Wildman–Crippen LogP) is 5.33. The number of hydrogen-bond acceptors (Lipinski definition) is 1. The number of hydrogen-bond donors (Lipinski definition) is 1. The summed E-state index contributed by atoms with van der Waals surface area (Å²) in [5.41, 5.74) is 2.07. The summed E-state index contributed by atoms with van der Waals surface area (Å²) in [4.78, 5) is 0. The Bertz CT molecular complexity index is 537. The molecule has 1 N–H and O–H groups in total. The molecule has 0 aliphatic rings. The van der Waals surface area contributed by atoms with Gasteiger partial charge in [-0.05, 0) is 23.8 Å². The van der Waals surface area contributed by atoms with E-state index in [-0.39, 0.29) is 6.04 Å². The fourth-order valence-corrected chi connectivity index (χ4v) is 2.00. The lowest BCUT2D eigenvalue weighted by molar-refractivity contribution is 0.988. The molecule has 0 aliphatic carbocycles. The van der Waals surface area contributed by atoms with E-state index in [0.29, 0.717) is 10.0 Å². The average Bonchev–Trinajstić information content (AvgIpc) is 2.41. The Hall–Kier alpha value is -1.44. The largest absolute Gasteiger partial charge is 0.375 e. The van der Waals surface area contributed by atoms with E-state index in [2.05, 4.69) is 24.0 Å². The molecule has 0 heterocycles. The van der Waals surface area contributed by atoms with Crippen LogP contribution in [0.2, 0.25) is 10.0 Å². The summed E-state index contributed by atoms with van der Waals surface area (Å²) in [6.45, 7) is 3.85. The van der Waals surface area contributed by atoms with E-state index < -0.39 is 0 Å². The zero-order valence-corrected chi connectivity index (χ0v) is 11.2. The Morgan fingerprint density at radius 1 is 1.00 bits per heavy atom. The van der Waals surface area contributed by atoms with E-state index in [1.165, 1.54) is 0 Å². The zero-order valence-electron chi connectivity index (χ0n) is 9.74. The van der Waals surface area contributed by atoms with Crippen molar-refractivity contribution >= 4 is 28.9 Å². The lowest BCUT2D eigenvalue weighted by Gasteiger charge is -2.17. The highest BCUT2D eigenvalue weighted by atomic mass is 35.5. The van der Waals surface area contributed by atoms with Gasteiger partial charge in [-0.3, -0.25) is 0 Å². The lowest BCUT2D eigenvalue weighted by atomic mass is 10.1. The van der Waals surface area contributed by atoms with Crippen molar-refractivity contribution in [2.24, 2.45) is 0 Å². The van der Waals surface area contributed by atoms with Crippen LogP contribution in [-0.4, -0.2) is 0 Å². The second-order valence-electron chi connectivity index (χ2n) is 3.90. The molecule has 1 nitrogen and oxygen atoms in total. The van der Waals surface area contributed by atoms with E-state index in [1.807, 2.05) is 36.4 Å². The maximum atomic E-state index is 5.99. The van der Waals surface area contributed by atoms with E-state index in [9.17, 15) is 0 Å².